The maximum atomic E-state index is 12.7. The van der Waals surface area contributed by atoms with Gasteiger partial charge in [0.2, 0.25) is 5.89 Å². The summed E-state index contributed by atoms with van der Waals surface area (Å²) in [5, 5.41) is 35.4. The van der Waals surface area contributed by atoms with Crippen LogP contribution in [0.1, 0.15) is 57.4 Å². The number of rotatable bonds is 17. The number of ether oxygens (including phenoxy) is 3. The number of carbonyl (C=O) groups is 4. The first-order valence-electron chi connectivity index (χ1n) is 19.4. The van der Waals surface area contributed by atoms with Gasteiger partial charge in [-0.25, -0.2) is 19.6 Å². The lowest BCUT2D eigenvalue weighted by atomic mass is 9.97. The molecule has 3 atom stereocenters. The van der Waals surface area contributed by atoms with Crippen molar-refractivity contribution in [1.29, 1.82) is 10.5 Å². The third-order valence-electron chi connectivity index (χ3n) is 8.23. The number of thioether (sulfide) groups is 1. The Morgan fingerprint density at radius 2 is 1.28 bits per heavy atom. The summed E-state index contributed by atoms with van der Waals surface area (Å²) in [4.78, 5) is 51.9. The molecule has 0 saturated heterocycles. The molecular weight excluding hydrogens is 944 g/mol. The van der Waals surface area contributed by atoms with Gasteiger partial charge in [0.05, 0.1) is 11.3 Å². The van der Waals surface area contributed by atoms with Gasteiger partial charge in [-0.3, -0.25) is 9.59 Å². The van der Waals surface area contributed by atoms with E-state index in [1.54, 1.807) is 48.5 Å². The highest BCUT2D eigenvalue weighted by Gasteiger charge is 2.39. The van der Waals surface area contributed by atoms with E-state index in [0.29, 0.717) is 57.1 Å². The van der Waals surface area contributed by atoms with Crippen LogP contribution in [0.25, 0.3) is 22.6 Å². The number of aromatic nitrogens is 2. The highest BCUT2D eigenvalue weighted by molar-refractivity contribution is 7.98. The third-order valence-corrected chi connectivity index (χ3v) is 9.49. The predicted octanol–water partition coefficient (Wildman–Crippen LogP) is 7.52. The minimum atomic E-state index is -5.08. The molecule has 0 unspecified atom stereocenters. The smallest absolute Gasteiger partial charge is 0.490 e. The van der Waals surface area contributed by atoms with Crippen molar-refractivity contribution in [3.8, 4) is 40.5 Å². The van der Waals surface area contributed by atoms with Crippen LogP contribution in [0, 0.1) is 34.5 Å². The van der Waals surface area contributed by atoms with E-state index in [0.717, 1.165) is 5.56 Å². The number of alkyl halides is 6. The molecule has 2 aromatic carbocycles. The number of benzene rings is 2. The number of hydrogen-bond donors (Lipinski definition) is 5. The number of carboxylic acids is 2. The van der Waals surface area contributed by atoms with Crippen LogP contribution in [0.15, 0.2) is 64.2 Å². The minimum absolute atomic E-state index is 0.0330. The van der Waals surface area contributed by atoms with Gasteiger partial charge in [-0.2, -0.15) is 36.9 Å². The predicted molar refractivity (Wildman–Crippen MR) is 229 cm³/mol. The molecule has 0 amide bonds. The van der Waals surface area contributed by atoms with E-state index in [4.69, 9.17) is 67.2 Å². The van der Waals surface area contributed by atoms with Gasteiger partial charge in [-0.15, -0.1) is 0 Å². The number of esters is 2. The maximum Gasteiger partial charge on any atom is 0.490 e. The Labute approximate surface area is 388 Å². The normalized spacial score (nSPS) is 12.5. The van der Waals surface area contributed by atoms with Crippen molar-refractivity contribution in [2.24, 2.45) is 23.3 Å². The quantitative estimate of drug-likeness (QED) is 0.0388. The second-order valence-corrected chi connectivity index (χ2v) is 16.1. The van der Waals surface area contributed by atoms with Gasteiger partial charge >= 0.3 is 36.2 Å². The van der Waals surface area contributed by atoms with E-state index in [1.165, 1.54) is 18.0 Å². The number of nitrogen functional groups attached to an aromatic ring is 1. The van der Waals surface area contributed by atoms with E-state index in [2.05, 4.69) is 22.1 Å². The van der Waals surface area contributed by atoms with Crippen LogP contribution in [0.3, 0.4) is 0 Å². The van der Waals surface area contributed by atoms with E-state index < -0.39 is 54.4 Å². The molecule has 25 heteroatoms. The molecule has 0 fully saturated rings. The molecule has 0 saturated carbocycles. The molecule has 362 valence electrons. The zero-order valence-electron chi connectivity index (χ0n) is 35.9. The number of nitrogens with two attached hydrogens (primary N) is 3. The van der Waals surface area contributed by atoms with E-state index in [9.17, 15) is 46.5 Å². The zero-order chi connectivity index (χ0) is 50.8. The number of carboxylic acid groups (broad SMARTS) is 2. The molecule has 0 spiro atoms. The summed E-state index contributed by atoms with van der Waals surface area (Å²) in [6.45, 7) is 7.31. The Balaban J connectivity index is 0.000000952. The van der Waals surface area contributed by atoms with Gasteiger partial charge in [-0.1, -0.05) is 63.2 Å². The van der Waals surface area contributed by atoms with E-state index in [-0.39, 0.29) is 42.0 Å². The standard InChI is InChI=1S/C38H42ClN7O6S.2C2HF3O2/c1-21(2)13-31(42)37(47)51-19-28(52-38(48)32(43)14-22(3)4)18-49-27-11-7-23(8-12-27)33-29(15-40)34(44)46-36(30(33)16-41)53-20-26-17-50-35(45-26)24-5-9-25(39)10-6-24;2*3-2(4,5)1(6)7/h5-12,17,21-22,28,31-32H,13-14,18-20,42-43H2,1-4H3,(H2,44,46);2*(H,6,7)/t28-,31-,32-;;/m0../s1. The molecule has 2 heterocycles. The molecule has 0 bridgehead atoms. The summed E-state index contributed by atoms with van der Waals surface area (Å²) in [6.07, 6.45) is -8.78. The first kappa shape index (κ1) is 56.5. The topological polar surface area (TPSA) is 301 Å². The van der Waals surface area contributed by atoms with Crippen LogP contribution in [-0.4, -0.2) is 87.8 Å². The molecule has 8 N–H and O–H groups in total. The van der Waals surface area contributed by atoms with Gasteiger partial charge < -0.3 is 46.0 Å². The van der Waals surface area contributed by atoms with Gasteiger partial charge in [0.15, 0.2) is 6.10 Å². The monoisotopic (exact) mass is 987 g/mol. The Kier molecular flexibility index (Phi) is 21.9. The number of anilines is 1. The van der Waals surface area contributed by atoms with E-state index in [1.807, 2.05) is 27.7 Å². The third kappa shape index (κ3) is 19.0. The average Bonchev–Trinajstić information content (AvgIpc) is 3.72. The average molecular weight is 988 g/mol. The summed E-state index contributed by atoms with van der Waals surface area (Å²) in [6, 6.07) is 16.2. The first-order valence-corrected chi connectivity index (χ1v) is 20.7. The summed E-state index contributed by atoms with van der Waals surface area (Å²) < 4.78 is 86.0. The number of nitriles is 2. The molecule has 4 rings (SSSR count). The summed E-state index contributed by atoms with van der Waals surface area (Å²) >= 11 is 7.22. The van der Waals surface area contributed by atoms with Gasteiger partial charge in [0.1, 0.15) is 65.9 Å². The Morgan fingerprint density at radius 1 is 0.791 bits per heavy atom. The van der Waals surface area contributed by atoms with Crippen molar-refractivity contribution >= 4 is 53.1 Å². The van der Waals surface area contributed by atoms with E-state index >= 15 is 0 Å². The van der Waals surface area contributed by atoms with Crippen LogP contribution >= 0.6 is 23.4 Å². The fraction of sp³-hybridized carbons (Fsp3) is 0.381. The highest BCUT2D eigenvalue weighted by Crippen LogP contribution is 2.37. The molecule has 0 aliphatic heterocycles. The Morgan fingerprint density at radius 3 is 1.76 bits per heavy atom. The Bertz CT molecular complexity index is 2360. The number of carbonyl (C=O) groups excluding carboxylic acids is 2. The van der Waals surface area contributed by atoms with Crippen LogP contribution < -0.4 is 21.9 Å². The molecule has 4 aromatic rings. The lowest BCUT2D eigenvalue weighted by Crippen LogP contribution is -2.41. The number of pyridine rings is 1. The van der Waals surface area contributed by atoms with Crippen LogP contribution in [0.4, 0.5) is 32.2 Å². The lowest BCUT2D eigenvalue weighted by Gasteiger charge is -2.22. The SMILES string of the molecule is CC(C)C[C@H](N)C(=O)OC[C@H](COc1ccc(-c2c(C#N)c(N)nc(SCc3coc(-c4ccc(Cl)cc4)n3)c2C#N)cc1)OC(=O)[C@@H](N)CC(C)C.O=C(O)C(F)(F)F.O=C(O)C(F)(F)F. The molecule has 67 heavy (non-hydrogen) atoms. The summed E-state index contributed by atoms with van der Waals surface area (Å²) in [7, 11) is 0. The zero-order valence-corrected chi connectivity index (χ0v) is 37.4. The van der Waals surface area contributed by atoms with Crippen LogP contribution in [-0.2, 0) is 34.4 Å². The number of hydrogen-bond acceptors (Lipinski definition) is 16. The highest BCUT2D eigenvalue weighted by atomic mass is 35.5. The molecule has 0 radical (unpaired) electrons. The lowest BCUT2D eigenvalue weighted by molar-refractivity contribution is -0.193. The second-order valence-electron chi connectivity index (χ2n) is 14.7. The van der Waals surface area contributed by atoms with Crippen molar-refractivity contribution in [3.63, 3.8) is 0 Å². The fourth-order valence-electron chi connectivity index (χ4n) is 5.20. The number of aliphatic carboxylic acids is 2. The van der Waals surface area contributed by atoms with Gasteiger partial charge in [0.25, 0.3) is 0 Å². The molecule has 17 nitrogen and oxygen atoms in total. The van der Waals surface area contributed by atoms with Crippen LogP contribution in [0.2, 0.25) is 5.02 Å². The van der Waals surface area contributed by atoms with Crippen molar-refractivity contribution in [1.82, 2.24) is 9.97 Å². The molecule has 0 aliphatic carbocycles. The number of nitrogens with zero attached hydrogens (tertiary/aromatic N) is 4. The van der Waals surface area contributed by atoms with Crippen molar-refractivity contribution < 1.29 is 74.4 Å². The second kappa shape index (κ2) is 25.9. The number of oxazole rings is 1. The largest absolute Gasteiger partial charge is 0.490 e. The van der Waals surface area contributed by atoms with Gasteiger partial charge in [-0.05, 0) is 66.6 Å². The molecule has 0 aliphatic rings. The Hall–Kier alpha value is -6.60. The van der Waals surface area contributed by atoms with Gasteiger partial charge in [0, 0.05) is 21.9 Å². The van der Waals surface area contributed by atoms with Crippen molar-refractivity contribution in [3.05, 3.63) is 76.6 Å². The molecule has 2 aromatic heterocycles. The fourth-order valence-corrected chi connectivity index (χ4v) is 6.20. The maximum absolute atomic E-state index is 12.7. The number of halogens is 7. The minimum Gasteiger partial charge on any atom is -0.490 e. The van der Waals surface area contributed by atoms with Crippen molar-refractivity contribution in [2.75, 3.05) is 18.9 Å². The van der Waals surface area contributed by atoms with Crippen molar-refractivity contribution in [2.45, 2.75) is 81.9 Å². The first-order chi connectivity index (χ1) is 31.2. The van der Waals surface area contributed by atoms with Crippen LogP contribution in [0.5, 0.6) is 5.75 Å². The molecular formula is C42H44ClF6N7O10S. The summed E-state index contributed by atoms with van der Waals surface area (Å²) in [5.41, 5.74) is 20.6. The summed E-state index contributed by atoms with van der Waals surface area (Å²) in [5.74, 6) is -5.36.